The molecule has 88 valence electrons. The van der Waals surface area contributed by atoms with E-state index in [1.807, 2.05) is 0 Å². The molecule has 1 aromatic heterocycles. The van der Waals surface area contributed by atoms with Gasteiger partial charge in [0, 0.05) is 13.0 Å². The summed E-state index contributed by atoms with van der Waals surface area (Å²) in [5.41, 5.74) is 0.858. The molecule has 1 N–H and O–H groups in total. The standard InChI is InChI=1S/C10H15N3O3/c1-16-6-5-13-9(7-3-2-4-7)8(10(14)15)11-12-13/h7H,2-6H2,1H3,(H,14,15). The molecule has 6 nitrogen and oxygen atoms in total. The lowest BCUT2D eigenvalue weighted by Gasteiger charge is -2.26. The van der Waals surface area contributed by atoms with E-state index in [-0.39, 0.29) is 5.69 Å². The fourth-order valence-electron chi connectivity index (χ4n) is 1.90. The number of hydrogen-bond acceptors (Lipinski definition) is 4. The third-order valence-corrected chi connectivity index (χ3v) is 2.98. The molecule has 0 radical (unpaired) electrons. The van der Waals surface area contributed by atoms with Crippen molar-refractivity contribution < 1.29 is 14.6 Å². The molecule has 1 aromatic rings. The average Bonchev–Trinajstić information content (AvgIpc) is 2.56. The van der Waals surface area contributed by atoms with Gasteiger partial charge >= 0.3 is 5.97 Å². The number of carbonyl (C=O) groups is 1. The number of hydrogen-bond donors (Lipinski definition) is 1. The Morgan fingerprint density at radius 3 is 2.88 bits per heavy atom. The van der Waals surface area contributed by atoms with Gasteiger partial charge in [0.1, 0.15) is 0 Å². The fourth-order valence-corrected chi connectivity index (χ4v) is 1.90. The number of carboxylic acid groups (broad SMARTS) is 1. The van der Waals surface area contributed by atoms with Crippen LogP contribution >= 0.6 is 0 Å². The first-order valence-electron chi connectivity index (χ1n) is 5.39. The van der Waals surface area contributed by atoms with Crippen molar-refractivity contribution in [2.24, 2.45) is 0 Å². The summed E-state index contributed by atoms with van der Waals surface area (Å²) >= 11 is 0. The molecule has 0 bridgehead atoms. The first-order valence-corrected chi connectivity index (χ1v) is 5.39. The zero-order chi connectivity index (χ0) is 11.5. The number of methoxy groups -OCH3 is 1. The van der Waals surface area contributed by atoms with Crippen molar-refractivity contribution in [2.75, 3.05) is 13.7 Å². The number of ether oxygens (including phenoxy) is 1. The number of rotatable bonds is 5. The Kier molecular flexibility index (Phi) is 3.19. The van der Waals surface area contributed by atoms with Gasteiger partial charge in [-0.1, -0.05) is 11.6 Å². The quantitative estimate of drug-likeness (QED) is 0.805. The van der Waals surface area contributed by atoms with Crippen LogP contribution in [0.25, 0.3) is 0 Å². The number of carboxylic acids is 1. The average molecular weight is 225 g/mol. The monoisotopic (exact) mass is 225 g/mol. The summed E-state index contributed by atoms with van der Waals surface area (Å²) in [6.07, 6.45) is 3.21. The maximum atomic E-state index is 11.0. The highest BCUT2D eigenvalue weighted by molar-refractivity contribution is 5.86. The third kappa shape index (κ3) is 1.92. The van der Waals surface area contributed by atoms with Crippen molar-refractivity contribution in [1.82, 2.24) is 15.0 Å². The van der Waals surface area contributed by atoms with E-state index < -0.39 is 5.97 Å². The van der Waals surface area contributed by atoms with Gasteiger partial charge in [0.15, 0.2) is 5.69 Å². The molecular weight excluding hydrogens is 210 g/mol. The van der Waals surface area contributed by atoms with Gasteiger partial charge in [-0.25, -0.2) is 9.48 Å². The molecule has 0 aromatic carbocycles. The molecule has 0 spiro atoms. The number of nitrogens with zero attached hydrogens (tertiary/aromatic N) is 3. The van der Waals surface area contributed by atoms with Crippen molar-refractivity contribution in [3.05, 3.63) is 11.4 Å². The molecule has 0 atom stereocenters. The van der Waals surface area contributed by atoms with Crippen molar-refractivity contribution in [3.8, 4) is 0 Å². The normalized spacial score (nSPS) is 16.1. The van der Waals surface area contributed by atoms with Gasteiger partial charge in [-0.05, 0) is 12.8 Å². The molecule has 1 fully saturated rings. The minimum absolute atomic E-state index is 0.0980. The number of aromatic nitrogens is 3. The summed E-state index contributed by atoms with van der Waals surface area (Å²) in [6.45, 7) is 1.07. The molecule has 1 saturated carbocycles. The van der Waals surface area contributed by atoms with E-state index in [1.54, 1.807) is 11.8 Å². The Hall–Kier alpha value is -1.43. The second kappa shape index (κ2) is 4.61. The van der Waals surface area contributed by atoms with Crippen LogP contribution in [0.15, 0.2) is 0 Å². The molecule has 1 heterocycles. The topological polar surface area (TPSA) is 77.2 Å². The molecule has 6 heteroatoms. The summed E-state index contributed by atoms with van der Waals surface area (Å²) in [5.74, 6) is -0.691. The highest BCUT2D eigenvalue weighted by atomic mass is 16.5. The second-order valence-electron chi connectivity index (χ2n) is 3.97. The molecule has 1 aliphatic carbocycles. The predicted octanol–water partition coefficient (Wildman–Crippen LogP) is 0.890. The first kappa shape index (κ1) is 11.1. The molecule has 0 saturated heterocycles. The van der Waals surface area contributed by atoms with E-state index in [1.165, 1.54) is 0 Å². The lowest BCUT2D eigenvalue weighted by molar-refractivity contribution is 0.0687. The Morgan fingerprint density at radius 2 is 2.38 bits per heavy atom. The van der Waals surface area contributed by atoms with Crippen LogP contribution < -0.4 is 0 Å². The second-order valence-corrected chi connectivity index (χ2v) is 3.97. The molecule has 16 heavy (non-hydrogen) atoms. The Morgan fingerprint density at radius 1 is 1.62 bits per heavy atom. The van der Waals surface area contributed by atoms with E-state index in [0.717, 1.165) is 25.0 Å². The van der Waals surface area contributed by atoms with Gasteiger partial charge in [0.2, 0.25) is 0 Å². The Labute approximate surface area is 93.2 Å². The smallest absolute Gasteiger partial charge is 0.358 e. The van der Waals surface area contributed by atoms with Gasteiger partial charge < -0.3 is 9.84 Å². The van der Waals surface area contributed by atoms with Gasteiger partial charge in [0.25, 0.3) is 0 Å². The lowest BCUT2D eigenvalue weighted by Crippen LogP contribution is -2.19. The van der Waals surface area contributed by atoms with Crippen LogP contribution in [0.4, 0.5) is 0 Å². The zero-order valence-corrected chi connectivity index (χ0v) is 9.22. The predicted molar refractivity (Wildman–Crippen MR) is 55.4 cm³/mol. The Bertz CT molecular complexity index is 385. The van der Waals surface area contributed by atoms with Crippen molar-refractivity contribution in [1.29, 1.82) is 0 Å². The van der Waals surface area contributed by atoms with Crippen molar-refractivity contribution >= 4 is 5.97 Å². The van der Waals surface area contributed by atoms with Crippen molar-refractivity contribution in [3.63, 3.8) is 0 Å². The molecule has 0 aliphatic heterocycles. The van der Waals surface area contributed by atoms with Crippen LogP contribution in [-0.4, -0.2) is 39.8 Å². The van der Waals surface area contributed by atoms with Crippen molar-refractivity contribution in [2.45, 2.75) is 31.7 Å². The zero-order valence-electron chi connectivity index (χ0n) is 9.22. The summed E-state index contributed by atoms with van der Waals surface area (Å²) in [6, 6.07) is 0. The SMILES string of the molecule is COCCn1nnc(C(=O)O)c1C1CCC1. The molecule has 1 aliphatic rings. The van der Waals surface area contributed by atoms with Crippen LogP contribution in [0.5, 0.6) is 0 Å². The molecule has 0 unspecified atom stereocenters. The maximum absolute atomic E-state index is 11.0. The highest BCUT2D eigenvalue weighted by Crippen LogP contribution is 2.37. The van der Waals surface area contributed by atoms with E-state index in [2.05, 4.69) is 10.3 Å². The number of aromatic carboxylic acids is 1. The third-order valence-electron chi connectivity index (χ3n) is 2.98. The Balaban J connectivity index is 2.25. The lowest BCUT2D eigenvalue weighted by atomic mass is 9.82. The summed E-state index contributed by atoms with van der Waals surface area (Å²) < 4.78 is 6.63. The summed E-state index contributed by atoms with van der Waals surface area (Å²) in [4.78, 5) is 11.0. The van der Waals surface area contributed by atoms with Crippen LogP contribution in [0, 0.1) is 0 Å². The fraction of sp³-hybridized carbons (Fsp3) is 0.700. The van der Waals surface area contributed by atoms with E-state index >= 15 is 0 Å². The largest absolute Gasteiger partial charge is 0.476 e. The van der Waals surface area contributed by atoms with Crippen LogP contribution in [-0.2, 0) is 11.3 Å². The van der Waals surface area contributed by atoms with E-state index in [4.69, 9.17) is 9.84 Å². The molecule has 2 rings (SSSR count). The van der Waals surface area contributed by atoms with E-state index in [0.29, 0.717) is 19.1 Å². The molecular formula is C10H15N3O3. The van der Waals surface area contributed by atoms with Gasteiger partial charge in [-0.2, -0.15) is 0 Å². The van der Waals surface area contributed by atoms with Gasteiger partial charge in [-0.3, -0.25) is 0 Å². The molecule has 0 amide bonds. The summed E-state index contributed by atoms with van der Waals surface area (Å²) in [5, 5.41) is 16.6. The van der Waals surface area contributed by atoms with E-state index in [9.17, 15) is 4.79 Å². The highest BCUT2D eigenvalue weighted by Gasteiger charge is 2.30. The minimum atomic E-state index is -0.995. The maximum Gasteiger partial charge on any atom is 0.358 e. The minimum Gasteiger partial charge on any atom is -0.476 e. The van der Waals surface area contributed by atoms with Crippen LogP contribution in [0.2, 0.25) is 0 Å². The van der Waals surface area contributed by atoms with Gasteiger partial charge in [0.05, 0.1) is 18.8 Å². The van der Waals surface area contributed by atoms with Crippen LogP contribution in [0.1, 0.15) is 41.4 Å². The summed E-state index contributed by atoms with van der Waals surface area (Å²) in [7, 11) is 1.61. The first-order chi connectivity index (χ1) is 7.74. The van der Waals surface area contributed by atoms with Crippen LogP contribution in [0.3, 0.4) is 0 Å². The van der Waals surface area contributed by atoms with Gasteiger partial charge in [-0.15, -0.1) is 5.10 Å².